The second kappa shape index (κ2) is 4.48. The first kappa shape index (κ1) is 11.9. The first-order chi connectivity index (χ1) is 8.68. The molecule has 2 N–H and O–H groups in total. The maximum Gasteiger partial charge on any atom is 0.230 e. The number of benzene rings is 1. The number of halogens is 2. The van der Waals surface area contributed by atoms with Crippen molar-refractivity contribution in [2.24, 2.45) is 0 Å². The van der Waals surface area contributed by atoms with Crippen LogP contribution in [0.25, 0.3) is 11.1 Å². The van der Waals surface area contributed by atoms with Gasteiger partial charge in [0.15, 0.2) is 0 Å². The summed E-state index contributed by atoms with van der Waals surface area (Å²) >= 11 is 12.4. The van der Waals surface area contributed by atoms with Gasteiger partial charge in [0.05, 0.1) is 21.3 Å². The molecule has 5 heteroatoms. The van der Waals surface area contributed by atoms with Crippen LogP contribution < -0.4 is 5.73 Å². The fraction of sp³-hybridized carbons (Fsp3) is 0.308. The molecule has 1 saturated carbocycles. The van der Waals surface area contributed by atoms with Gasteiger partial charge in [-0.2, -0.15) is 0 Å². The first-order valence-corrected chi connectivity index (χ1v) is 6.63. The molecule has 1 aliphatic carbocycles. The molecule has 2 aromatic rings. The summed E-state index contributed by atoms with van der Waals surface area (Å²) in [7, 11) is 0. The lowest BCUT2D eigenvalue weighted by Gasteiger charge is -2.24. The van der Waals surface area contributed by atoms with Gasteiger partial charge in [-0.15, -0.1) is 0 Å². The van der Waals surface area contributed by atoms with Crippen molar-refractivity contribution in [3.63, 3.8) is 0 Å². The number of anilines is 1. The van der Waals surface area contributed by atoms with E-state index in [1.165, 1.54) is 6.42 Å². The largest absolute Gasteiger partial charge is 0.367 e. The third-order valence-electron chi connectivity index (χ3n) is 3.45. The minimum absolute atomic E-state index is 0.284. The van der Waals surface area contributed by atoms with E-state index in [1.807, 2.05) is 0 Å². The molecule has 1 heterocycles. The Labute approximate surface area is 115 Å². The molecule has 1 fully saturated rings. The van der Waals surface area contributed by atoms with Crippen molar-refractivity contribution in [1.29, 1.82) is 0 Å². The van der Waals surface area contributed by atoms with E-state index in [0.29, 0.717) is 16.0 Å². The van der Waals surface area contributed by atoms with E-state index in [2.05, 4.69) is 5.16 Å². The van der Waals surface area contributed by atoms with Gasteiger partial charge in [-0.1, -0.05) is 40.8 Å². The zero-order valence-electron chi connectivity index (χ0n) is 9.62. The van der Waals surface area contributed by atoms with Crippen LogP contribution in [0.15, 0.2) is 22.7 Å². The number of hydrogen-bond acceptors (Lipinski definition) is 3. The first-order valence-electron chi connectivity index (χ1n) is 5.88. The maximum atomic E-state index is 6.22. The van der Waals surface area contributed by atoms with Crippen LogP contribution in [0.2, 0.25) is 10.0 Å². The number of nitrogens with two attached hydrogens (primary N) is 1. The lowest BCUT2D eigenvalue weighted by molar-refractivity contribution is 0.369. The number of aromatic nitrogens is 1. The molecule has 0 aliphatic heterocycles. The SMILES string of the molecule is Nc1onc(C2CCC2)c1-c1c(Cl)cccc1Cl. The van der Waals surface area contributed by atoms with Crippen LogP contribution in [0.4, 0.5) is 5.88 Å². The highest BCUT2D eigenvalue weighted by Gasteiger charge is 2.29. The maximum absolute atomic E-state index is 6.22. The van der Waals surface area contributed by atoms with Crippen molar-refractivity contribution < 1.29 is 4.52 Å². The number of nitrogens with zero attached hydrogens (tertiary/aromatic N) is 1. The van der Waals surface area contributed by atoms with Gasteiger partial charge in [-0.25, -0.2) is 0 Å². The van der Waals surface area contributed by atoms with E-state index in [9.17, 15) is 0 Å². The number of rotatable bonds is 2. The number of hydrogen-bond donors (Lipinski definition) is 1. The Morgan fingerprint density at radius 2 is 1.83 bits per heavy atom. The Kier molecular flexibility index (Phi) is 2.96. The Bertz CT molecular complexity index is 570. The fourth-order valence-electron chi connectivity index (χ4n) is 2.26. The molecule has 1 aromatic carbocycles. The third kappa shape index (κ3) is 1.78. The zero-order valence-corrected chi connectivity index (χ0v) is 11.1. The third-order valence-corrected chi connectivity index (χ3v) is 4.08. The van der Waals surface area contributed by atoms with E-state index in [4.69, 9.17) is 33.5 Å². The van der Waals surface area contributed by atoms with Crippen molar-refractivity contribution >= 4 is 29.1 Å². The quantitative estimate of drug-likeness (QED) is 0.882. The van der Waals surface area contributed by atoms with Crippen LogP contribution in [0, 0.1) is 0 Å². The minimum Gasteiger partial charge on any atom is -0.367 e. The fourth-order valence-corrected chi connectivity index (χ4v) is 2.85. The van der Waals surface area contributed by atoms with E-state index < -0.39 is 0 Å². The molecule has 0 saturated heterocycles. The van der Waals surface area contributed by atoms with Gasteiger partial charge in [0.25, 0.3) is 0 Å². The van der Waals surface area contributed by atoms with Crippen molar-refractivity contribution in [1.82, 2.24) is 5.16 Å². The summed E-state index contributed by atoms with van der Waals surface area (Å²) in [4.78, 5) is 0. The molecule has 18 heavy (non-hydrogen) atoms. The predicted molar refractivity (Wildman–Crippen MR) is 73.0 cm³/mol. The zero-order chi connectivity index (χ0) is 12.7. The van der Waals surface area contributed by atoms with Crippen molar-refractivity contribution in [2.75, 3.05) is 5.73 Å². The Hall–Kier alpha value is -1.19. The van der Waals surface area contributed by atoms with Crippen molar-refractivity contribution in [3.05, 3.63) is 33.9 Å². The molecule has 3 nitrogen and oxygen atoms in total. The van der Waals surface area contributed by atoms with Crippen LogP contribution in [0.1, 0.15) is 30.9 Å². The van der Waals surface area contributed by atoms with E-state index >= 15 is 0 Å². The summed E-state index contributed by atoms with van der Waals surface area (Å²) in [6, 6.07) is 5.39. The van der Waals surface area contributed by atoms with Gasteiger partial charge < -0.3 is 10.3 Å². The summed E-state index contributed by atoms with van der Waals surface area (Å²) in [6.07, 6.45) is 3.44. The predicted octanol–water partition coefficient (Wildman–Crippen LogP) is 4.50. The van der Waals surface area contributed by atoms with E-state index in [0.717, 1.165) is 29.7 Å². The van der Waals surface area contributed by atoms with Gasteiger partial charge in [-0.3, -0.25) is 0 Å². The lowest BCUT2D eigenvalue weighted by Crippen LogP contribution is -2.10. The van der Waals surface area contributed by atoms with E-state index in [1.54, 1.807) is 18.2 Å². The van der Waals surface area contributed by atoms with Gasteiger partial charge in [0.1, 0.15) is 0 Å². The molecule has 1 aromatic heterocycles. The molecule has 0 atom stereocenters. The highest BCUT2D eigenvalue weighted by molar-refractivity contribution is 6.39. The van der Waals surface area contributed by atoms with Crippen molar-refractivity contribution in [3.8, 4) is 11.1 Å². The number of nitrogen functional groups attached to an aromatic ring is 1. The summed E-state index contributed by atoms with van der Waals surface area (Å²) in [5, 5.41) is 5.21. The molecule has 94 valence electrons. The molecule has 0 unspecified atom stereocenters. The summed E-state index contributed by atoms with van der Waals surface area (Å²) < 4.78 is 5.13. The average molecular weight is 283 g/mol. The van der Waals surface area contributed by atoms with Crippen LogP contribution in [-0.2, 0) is 0 Å². The normalized spacial score (nSPS) is 15.7. The van der Waals surface area contributed by atoms with Crippen LogP contribution >= 0.6 is 23.2 Å². The van der Waals surface area contributed by atoms with Gasteiger partial charge in [0.2, 0.25) is 5.88 Å². The van der Waals surface area contributed by atoms with Gasteiger partial charge in [-0.05, 0) is 25.0 Å². The molecule has 1 aliphatic rings. The Morgan fingerprint density at radius 1 is 1.17 bits per heavy atom. The van der Waals surface area contributed by atoms with Crippen LogP contribution in [-0.4, -0.2) is 5.16 Å². The molecule has 0 bridgehead atoms. The topological polar surface area (TPSA) is 52.0 Å². The lowest BCUT2D eigenvalue weighted by atomic mass is 9.80. The van der Waals surface area contributed by atoms with Gasteiger partial charge >= 0.3 is 0 Å². The highest BCUT2D eigenvalue weighted by Crippen LogP contribution is 2.46. The highest BCUT2D eigenvalue weighted by atomic mass is 35.5. The molecule has 0 amide bonds. The average Bonchev–Trinajstić information content (AvgIpc) is 2.59. The second-order valence-electron chi connectivity index (χ2n) is 4.53. The summed E-state index contributed by atoms with van der Waals surface area (Å²) in [5.74, 6) is 0.695. The smallest absolute Gasteiger partial charge is 0.230 e. The van der Waals surface area contributed by atoms with Crippen LogP contribution in [0.5, 0.6) is 0 Å². The molecule has 0 spiro atoms. The molecular formula is C13H12Cl2N2O. The van der Waals surface area contributed by atoms with Crippen LogP contribution in [0.3, 0.4) is 0 Å². The minimum atomic E-state index is 0.284. The molecular weight excluding hydrogens is 271 g/mol. The summed E-state index contributed by atoms with van der Waals surface area (Å²) in [6.45, 7) is 0. The Morgan fingerprint density at radius 3 is 2.39 bits per heavy atom. The van der Waals surface area contributed by atoms with E-state index in [-0.39, 0.29) is 5.88 Å². The van der Waals surface area contributed by atoms with Gasteiger partial charge in [0, 0.05) is 11.5 Å². The standard InChI is InChI=1S/C13H12Cl2N2O/c14-8-5-2-6-9(15)10(8)11-12(7-3-1-4-7)17-18-13(11)16/h2,5-7H,1,3-4,16H2. The monoisotopic (exact) mass is 282 g/mol. The molecule has 3 rings (SSSR count). The van der Waals surface area contributed by atoms with Crippen molar-refractivity contribution in [2.45, 2.75) is 25.2 Å². The Balaban J connectivity index is 2.19. The second-order valence-corrected chi connectivity index (χ2v) is 5.35. The summed E-state index contributed by atoms with van der Waals surface area (Å²) in [5.41, 5.74) is 8.25. The molecule has 0 radical (unpaired) electrons.